The van der Waals surface area contributed by atoms with Gasteiger partial charge in [-0.3, -0.25) is 19.4 Å². The normalized spacial score (nSPS) is 15.2. The third kappa shape index (κ3) is 8.55. The lowest BCUT2D eigenvalue weighted by Gasteiger charge is -2.35. The van der Waals surface area contributed by atoms with Crippen LogP contribution in [0, 0.1) is 5.82 Å². The number of likely N-dealkylation sites (N-methyl/N-ethyl adjacent to an activating group) is 1. The highest BCUT2D eigenvalue weighted by Gasteiger charge is 2.24. The van der Waals surface area contributed by atoms with Gasteiger partial charge in [-0.05, 0) is 32.0 Å². The van der Waals surface area contributed by atoms with Gasteiger partial charge in [-0.1, -0.05) is 6.07 Å². The summed E-state index contributed by atoms with van der Waals surface area (Å²) in [6, 6.07) is 6.12. The molecule has 0 aromatic heterocycles. The van der Waals surface area contributed by atoms with Gasteiger partial charge in [0.25, 0.3) is 0 Å². The van der Waals surface area contributed by atoms with Gasteiger partial charge in [0.05, 0.1) is 19.6 Å². The maximum atomic E-state index is 13.0. The van der Waals surface area contributed by atoms with Crippen molar-refractivity contribution in [2.45, 2.75) is 18.9 Å². The van der Waals surface area contributed by atoms with E-state index in [1.54, 1.807) is 12.1 Å². The highest BCUT2D eigenvalue weighted by Crippen LogP contribution is 2.15. The Kier molecular flexibility index (Phi) is 10.1. The summed E-state index contributed by atoms with van der Waals surface area (Å²) < 4.78 is 18.4. The van der Waals surface area contributed by atoms with Gasteiger partial charge in [-0.15, -0.1) is 12.4 Å². The Morgan fingerprint density at radius 2 is 2.07 bits per heavy atom. The van der Waals surface area contributed by atoms with Crippen molar-refractivity contribution < 1.29 is 23.8 Å². The van der Waals surface area contributed by atoms with E-state index in [1.165, 1.54) is 12.1 Å². The van der Waals surface area contributed by atoms with Crippen LogP contribution in [0.25, 0.3) is 0 Å². The van der Waals surface area contributed by atoms with Crippen LogP contribution in [0.3, 0.4) is 0 Å². The molecule has 1 aromatic carbocycles. The number of carbonyl (C=O) groups is 2. The molecule has 1 amide bonds. The number of rotatable bonds is 9. The molecule has 9 heteroatoms. The number of hydrogen-bond acceptors (Lipinski definition) is 5. The molecular formula is C18H27ClFN3O4. The van der Waals surface area contributed by atoms with Crippen LogP contribution < -0.4 is 10.1 Å². The third-order valence-electron chi connectivity index (χ3n) is 4.42. The van der Waals surface area contributed by atoms with E-state index in [1.807, 2.05) is 11.9 Å². The molecule has 1 aromatic rings. The predicted octanol–water partition coefficient (Wildman–Crippen LogP) is 1.22. The Labute approximate surface area is 164 Å². The molecule has 2 N–H and O–H groups in total. The standard InChI is InChI=1S/C18H26FN3O4.ClH/c1-21(13-18(24)25)15-5-8-22(9-6-15)12-17(23)20-7-10-26-16-4-2-3-14(19)11-16;/h2-4,11,15H,5-10,12-13H2,1H3,(H,20,23)(H,24,25);1H. The second kappa shape index (κ2) is 11.7. The fourth-order valence-electron chi connectivity index (χ4n) is 3.04. The van der Waals surface area contributed by atoms with E-state index in [0.29, 0.717) is 18.8 Å². The summed E-state index contributed by atoms with van der Waals surface area (Å²) in [6.45, 7) is 2.51. The van der Waals surface area contributed by atoms with E-state index in [4.69, 9.17) is 9.84 Å². The number of likely N-dealkylation sites (tertiary alicyclic amines) is 1. The summed E-state index contributed by atoms with van der Waals surface area (Å²) in [5, 5.41) is 11.6. The lowest BCUT2D eigenvalue weighted by molar-refractivity contribution is -0.138. The van der Waals surface area contributed by atoms with Crippen molar-refractivity contribution in [1.82, 2.24) is 15.1 Å². The molecule has 7 nitrogen and oxygen atoms in total. The quantitative estimate of drug-likeness (QED) is 0.603. The summed E-state index contributed by atoms with van der Waals surface area (Å²) in [7, 11) is 1.82. The van der Waals surface area contributed by atoms with Gasteiger partial charge in [0.2, 0.25) is 5.91 Å². The van der Waals surface area contributed by atoms with Crippen molar-refractivity contribution >= 4 is 24.3 Å². The predicted molar refractivity (Wildman–Crippen MR) is 102 cm³/mol. The van der Waals surface area contributed by atoms with E-state index in [0.717, 1.165) is 25.9 Å². The first-order chi connectivity index (χ1) is 12.4. The lowest BCUT2D eigenvalue weighted by Crippen LogP contribution is -2.47. The van der Waals surface area contributed by atoms with Crippen LogP contribution >= 0.6 is 12.4 Å². The van der Waals surface area contributed by atoms with Crippen molar-refractivity contribution in [3.63, 3.8) is 0 Å². The molecule has 0 bridgehead atoms. The van der Waals surface area contributed by atoms with Crippen LogP contribution in [0.5, 0.6) is 5.75 Å². The lowest BCUT2D eigenvalue weighted by atomic mass is 10.0. The average molecular weight is 404 g/mol. The van der Waals surface area contributed by atoms with Crippen LogP contribution in [0.1, 0.15) is 12.8 Å². The first kappa shape index (κ1) is 23.1. The molecule has 1 heterocycles. The summed E-state index contributed by atoms with van der Waals surface area (Å²) in [5.41, 5.74) is 0. The summed E-state index contributed by atoms with van der Waals surface area (Å²) in [6.07, 6.45) is 1.69. The van der Waals surface area contributed by atoms with E-state index in [-0.39, 0.29) is 43.3 Å². The fraction of sp³-hybridized carbons (Fsp3) is 0.556. The maximum absolute atomic E-state index is 13.0. The minimum absolute atomic E-state index is 0. The molecule has 1 fully saturated rings. The van der Waals surface area contributed by atoms with Gasteiger partial charge in [-0.25, -0.2) is 4.39 Å². The Bertz CT molecular complexity index is 612. The molecule has 0 atom stereocenters. The van der Waals surface area contributed by atoms with E-state index < -0.39 is 5.97 Å². The molecule has 2 rings (SSSR count). The molecule has 0 saturated carbocycles. The monoisotopic (exact) mass is 403 g/mol. The Morgan fingerprint density at radius 1 is 1.37 bits per heavy atom. The number of aliphatic carboxylic acids is 1. The van der Waals surface area contributed by atoms with Crippen molar-refractivity contribution in [1.29, 1.82) is 0 Å². The Morgan fingerprint density at radius 3 is 2.70 bits per heavy atom. The highest BCUT2D eigenvalue weighted by atomic mass is 35.5. The zero-order valence-electron chi connectivity index (χ0n) is 15.4. The molecule has 0 spiro atoms. The van der Waals surface area contributed by atoms with E-state index in [2.05, 4.69) is 10.2 Å². The number of nitrogens with zero attached hydrogens (tertiary/aromatic N) is 2. The van der Waals surface area contributed by atoms with Crippen molar-refractivity contribution in [2.24, 2.45) is 0 Å². The van der Waals surface area contributed by atoms with Gasteiger partial charge in [-0.2, -0.15) is 0 Å². The van der Waals surface area contributed by atoms with Crippen molar-refractivity contribution in [2.75, 3.05) is 46.4 Å². The molecular weight excluding hydrogens is 377 g/mol. The first-order valence-corrected chi connectivity index (χ1v) is 8.73. The number of nitrogens with one attached hydrogen (secondary N) is 1. The number of piperidine rings is 1. The largest absolute Gasteiger partial charge is 0.492 e. The first-order valence-electron chi connectivity index (χ1n) is 8.73. The SMILES string of the molecule is CN(CC(=O)O)C1CCN(CC(=O)NCCOc2cccc(F)c2)CC1.Cl. The highest BCUT2D eigenvalue weighted by molar-refractivity contribution is 5.85. The van der Waals surface area contributed by atoms with Gasteiger partial charge in [0.15, 0.2) is 0 Å². The number of carbonyl (C=O) groups excluding carboxylic acids is 1. The van der Waals surface area contributed by atoms with Crippen LogP contribution in [0.2, 0.25) is 0 Å². The third-order valence-corrected chi connectivity index (χ3v) is 4.42. The van der Waals surface area contributed by atoms with Crippen LogP contribution in [-0.2, 0) is 9.59 Å². The number of hydrogen-bond donors (Lipinski definition) is 2. The topological polar surface area (TPSA) is 82.1 Å². The summed E-state index contributed by atoms with van der Waals surface area (Å²) in [5.74, 6) is -0.823. The molecule has 1 saturated heterocycles. The molecule has 0 aliphatic carbocycles. The maximum Gasteiger partial charge on any atom is 0.317 e. The van der Waals surface area contributed by atoms with Crippen LogP contribution in [0.4, 0.5) is 4.39 Å². The Balaban J connectivity index is 0.00000364. The molecule has 152 valence electrons. The smallest absolute Gasteiger partial charge is 0.317 e. The van der Waals surface area contributed by atoms with Crippen LogP contribution in [-0.4, -0.2) is 79.2 Å². The minimum atomic E-state index is -0.824. The number of benzene rings is 1. The van der Waals surface area contributed by atoms with Crippen molar-refractivity contribution in [3.8, 4) is 5.75 Å². The average Bonchev–Trinajstić information content (AvgIpc) is 2.59. The number of halogens is 2. The molecule has 0 unspecified atom stereocenters. The fourth-order valence-corrected chi connectivity index (χ4v) is 3.04. The van der Waals surface area contributed by atoms with Gasteiger partial charge in [0.1, 0.15) is 18.2 Å². The molecule has 1 aliphatic rings. The van der Waals surface area contributed by atoms with Crippen molar-refractivity contribution in [3.05, 3.63) is 30.1 Å². The molecule has 27 heavy (non-hydrogen) atoms. The second-order valence-corrected chi connectivity index (χ2v) is 6.47. The summed E-state index contributed by atoms with van der Waals surface area (Å²) >= 11 is 0. The zero-order valence-corrected chi connectivity index (χ0v) is 16.2. The van der Waals surface area contributed by atoms with E-state index >= 15 is 0 Å². The number of carboxylic acid groups (broad SMARTS) is 1. The summed E-state index contributed by atoms with van der Waals surface area (Å²) in [4.78, 5) is 26.7. The van der Waals surface area contributed by atoms with Gasteiger partial charge < -0.3 is 15.2 Å². The second-order valence-electron chi connectivity index (χ2n) is 6.47. The minimum Gasteiger partial charge on any atom is -0.492 e. The Hall–Kier alpha value is -1.90. The molecule has 1 aliphatic heterocycles. The zero-order chi connectivity index (χ0) is 18.9. The number of amides is 1. The van der Waals surface area contributed by atoms with Gasteiger partial charge in [0, 0.05) is 25.2 Å². The molecule has 0 radical (unpaired) electrons. The number of ether oxygens (including phenoxy) is 1. The van der Waals surface area contributed by atoms with Crippen LogP contribution in [0.15, 0.2) is 24.3 Å². The van der Waals surface area contributed by atoms with E-state index in [9.17, 15) is 14.0 Å². The van der Waals surface area contributed by atoms with Gasteiger partial charge >= 0.3 is 5.97 Å². The number of carboxylic acids is 1.